The van der Waals surface area contributed by atoms with Crippen LogP contribution in [0.3, 0.4) is 0 Å². The predicted molar refractivity (Wildman–Crippen MR) is 86.0 cm³/mol. The lowest BCUT2D eigenvalue weighted by atomic mass is 10.1. The number of amides is 1. The highest BCUT2D eigenvalue weighted by atomic mass is 35.5. The highest BCUT2D eigenvalue weighted by molar-refractivity contribution is 6.34. The fourth-order valence-corrected chi connectivity index (χ4v) is 2.91. The molecule has 1 aliphatic heterocycles. The maximum Gasteiger partial charge on any atom is 0.225 e. The van der Waals surface area contributed by atoms with Crippen LogP contribution in [-0.4, -0.2) is 31.7 Å². The maximum absolute atomic E-state index is 12.0. The van der Waals surface area contributed by atoms with Crippen molar-refractivity contribution in [2.45, 2.75) is 39.2 Å². The molecule has 21 heavy (non-hydrogen) atoms. The Balaban J connectivity index is 1.74. The number of hydrogen-bond donors (Lipinski definition) is 2. The minimum Gasteiger partial charge on any atom is -0.377 e. The van der Waals surface area contributed by atoms with Gasteiger partial charge in [-0.25, -0.2) is 0 Å². The third-order valence-corrected chi connectivity index (χ3v) is 3.92. The third-order valence-electron chi connectivity index (χ3n) is 3.62. The van der Waals surface area contributed by atoms with Gasteiger partial charge < -0.3 is 15.4 Å². The first-order chi connectivity index (χ1) is 10.1. The number of rotatable bonds is 6. The highest BCUT2D eigenvalue weighted by Gasteiger charge is 2.15. The number of aryl methyl sites for hydroxylation is 2. The molecule has 1 aliphatic rings. The van der Waals surface area contributed by atoms with E-state index in [1.54, 1.807) is 0 Å². The van der Waals surface area contributed by atoms with Crippen LogP contribution < -0.4 is 10.6 Å². The molecule has 5 heteroatoms. The zero-order chi connectivity index (χ0) is 15.2. The zero-order valence-electron chi connectivity index (χ0n) is 12.7. The van der Waals surface area contributed by atoms with Crippen LogP contribution in [0.4, 0.5) is 5.69 Å². The summed E-state index contributed by atoms with van der Waals surface area (Å²) in [7, 11) is 0. The van der Waals surface area contributed by atoms with Crippen molar-refractivity contribution in [1.82, 2.24) is 5.32 Å². The first-order valence-corrected chi connectivity index (χ1v) is 7.83. The molecular weight excluding hydrogens is 288 g/mol. The van der Waals surface area contributed by atoms with Gasteiger partial charge in [-0.15, -0.1) is 0 Å². The Morgan fingerprint density at radius 3 is 2.90 bits per heavy atom. The van der Waals surface area contributed by atoms with E-state index in [-0.39, 0.29) is 5.91 Å². The molecule has 0 spiro atoms. The van der Waals surface area contributed by atoms with E-state index in [2.05, 4.69) is 10.6 Å². The third kappa shape index (κ3) is 4.99. The highest BCUT2D eigenvalue weighted by Crippen LogP contribution is 2.27. The quantitative estimate of drug-likeness (QED) is 0.794. The Morgan fingerprint density at radius 2 is 2.24 bits per heavy atom. The lowest BCUT2D eigenvalue weighted by Crippen LogP contribution is -2.29. The van der Waals surface area contributed by atoms with Crippen LogP contribution in [0.15, 0.2) is 12.1 Å². The molecule has 116 valence electrons. The number of hydrogen-bond acceptors (Lipinski definition) is 3. The molecule has 0 aromatic heterocycles. The summed E-state index contributed by atoms with van der Waals surface area (Å²) in [4.78, 5) is 12.0. The molecule has 1 fully saturated rings. The Morgan fingerprint density at radius 1 is 1.43 bits per heavy atom. The summed E-state index contributed by atoms with van der Waals surface area (Å²) in [5.41, 5.74) is 2.79. The first-order valence-electron chi connectivity index (χ1n) is 7.45. The zero-order valence-corrected chi connectivity index (χ0v) is 13.4. The van der Waals surface area contributed by atoms with Gasteiger partial charge in [0, 0.05) is 26.1 Å². The molecule has 1 atom stereocenters. The molecular formula is C16H23ClN2O2. The van der Waals surface area contributed by atoms with Crippen molar-refractivity contribution in [3.8, 4) is 0 Å². The number of halogens is 1. The minimum atomic E-state index is -0.0244. The van der Waals surface area contributed by atoms with Gasteiger partial charge in [0.05, 0.1) is 16.8 Å². The monoisotopic (exact) mass is 310 g/mol. The molecule has 2 rings (SSSR count). The molecule has 1 amide bonds. The fraction of sp³-hybridized carbons (Fsp3) is 0.562. The molecule has 1 heterocycles. The van der Waals surface area contributed by atoms with Crippen LogP contribution in [0.1, 0.15) is 30.4 Å². The average molecular weight is 311 g/mol. The number of anilines is 1. The topological polar surface area (TPSA) is 50.4 Å². The SMILES string of the molecule is Cc1cc(C)c(NC(=O)CCNCC2CCCO2)c(Cl)c1. The van der Waals surface area contributed by atoms with E-state index in [0.29, 0.717) is 29.8 Å². The Hall–Kier alpha value is -1.10. The van der Waals surface area contributed by atoms with Crippen LogP contribution in [0.25, 0.3) is 0 Å². The van der Waals surface area contributed by atoms with Crippen molar-refractivity contribution in [2.75, 3.05) is 25.0 Å². The van der Waals surface area contributed by atoms with Gasteiger partial charge in [-0.05, 0) is 43.9 Å². The van der Waals surface area contributed by atoms with Crippen LogP contribution >= 0.6 is 11.6 Å². The maximum atomic E-state index is 12.0. The van der Waals surface area contributed by atoms with Gasteiger partial charge in [-0.3, -0.25) is 4.79 Å². The lowest BCUT2D eigenvalue weighted by Gasteiger charge is -2.13. The van der Waals surface area contributed by atoms with Crippen molar-refractivity contribution in [3.63, 3.8) is 0 Å². The molecule has 4 nitrogen and oxygen atoms in total. The Bertz CT molecular complexity index is 476. The standard InChI is InChI=1S/C16H23ClN2O2/c1-11-8-12(2)16(14(17)9-11)19-15(20)5-6-18-10-13-4-3-7-21-13/h8-9,13,18H,3-7,10H2,1-2H3,(H,19,20). The van der Waals surface area contributed by atoms with E-state index >= 15 is 0 Å². The Labute approximate surface area is 131 Å². The van der Waals surface area contributed by atoms with Crippen LogP contribution in [0.5, 0.6) is 0 Å². The molecule has 0 saturated carbocycles. The van der Waals surface area contributed by atoms with E-state index in [4.69, 9.17) is 16.3 Å². The molecule has 1 aromatic carbocycles. The fourth-order valence-electron chi connectivity index (χ4n) is 2.55. The van der Waals surface area contributed by atoms with E-state index < -0.39 is 0 Å². The summed E-state index contributed by atoms with van der Waals surface area (Å²) in [5.74, 6) is -0.0244. The van der Waals surface area contributed by atoms with Gasteiger partial charge in [0.15, 0.2) is 0 Å². The molecule has 0 radical (unpaired) electrons. The molecule has 2 N–H and O–H groups in total. The van der Waals surface area contributed by atoms with Crippen LogP contribution in [0, 0.1) is 13.8 Å². The summed E-state index contributed by atoms with van der Waals surface area (Å²) < 4.78 is 5.52. The van der Waals surface area contributed by atoms with Crippen molar-refractivity contribution >= 4 is 23.2 Å². The van der Waals surface area contributed by atoms with Crippen LogP contribution in [-0.2, 0) is 9.53 Å². The summed E-state index contributed by atoms with van der Waals surface area (Å²) in [5, 5.41) is 6.75. The summed E-state index contributed by atoms with van der Waals surface area (Å²) in [6.07, 6.45) is 2.98. The van der Waals surface area contributed by atoms with Gasteiger partial charge in [0.2, 0.25) is 5.91 Å². The second-order valence-electron chi connectivity index (χ2n) is 5.58. The molecule has 1 unspecified atom stereocenters. The minimum absolute atomic E-state index is 0.0244. The predicted octanol–water partition coefficient (Wildman–Crippen LogP) is 3.05. The number of carbonyl (C=O) groups is 1. The summed E-state index contributed by atoms with van der Waals surface area (Å²) in [6, 6.07) is 3.87. The lowest BCUT2D eigenvalue weighted by molar-refractivity contribution is -0.116. The van der Waals surface area contributed by atoms with Gasteiger partial charge in [0.1, 0.15) is 0 Å². The number of nitrogens with one attached hydrogen (secondary N) is 2. The molecule has 0 bridgehead atoms. The smallest absolute Gasteiger partial charge is 0.225 e. The second-order valence-corrected chi connectivity index (χ2v) is 5.98. The van der Waals surface area contributed by atoms with Crippen molar-refractivity contribution in [3.05, 3.63) is 28.3 Å². The van der Waals surface area contributed by atoms with E-state index in [0.717, 1.165) is 37.1 Å². The molecule has 1 aromatic rings. The molecule has 0 aliphatic carbocycles. The van der Waals surface area contributed by atoms with Crippen molar-refractivity contribution in [1.29, 1.82) is 0 Å². The first kappa shape index (κ1) is 16.3. The largest absolute Gasteiger partial charge is 0.377 e. The molecule has 1 saturated heterocycles. The second kappa shape index (κ2) is 7.78. The van der Waals surface area contributed by atoms with Crippen molar-refractivity contribution in [2.24, 2.45) is 0 Å². The van der Waals surface area contributed by atoms with Crippen molar-refractivity contribution < 1.29 is 9.53 Å². The van der Waals surface area contributed by atoms with E-state index in [1.165, 1.54) is 0 Å². The van der Waals surface area contributed by atoms with Gasteiger partial charge in [-0.2, -0.15) is 0 Å². The van der Waals surface area contributed by atoms with Gasteiger partial charge >= 0.3 is 0 Å². The summed E-state index contributed by atoms with van der Waals surface area (Å²) in [6.45, 7) is 6.26. The summed E-state index contributed by atoms with van der Waals surface area (Å²) >= 11 is 6.18. The van der Waals surface area contributed by atoms with Gasteiger partial charge in [-0.1, -0.05) is 17.7 Å². The number of carbonyl (C=O) groups excluding carboxylic acids is 1. The average Bonchev–Trinajstić information content (AvgIpc) is 2.92. The normalized spacial score (nSPS) is 18.0. The number of ether oxygens (including phenoxy) is 1. The number of benzene rings is 1. The van der Waals surface area contributed by atoms with E-state index in [9.17, 15) is 4.79 Å². The van der Waals surface area contributed by atoms with Gasteiger partial charge in [0.25, 0.3) is 0 Å². The Kier molecular flexibility index (Phi) is 6.03. The van der Waals surface area contributed by atoms with Crippen LogP contribution in [0.2, 0.25) is 5.02 Å². The van der Waals surface area contributed by atoms with E-state index in [1.807, 2.05) is 26.0 Å².